The van der Waals surface area contributed by atoms with E-state index in [1.54, 1.807) is 15.4 Å². The van der Waals surface area contributed by atoms with Gasteiger partial charge in [0.25, 0.3) is 0 Å². The van der Waals surface area contributed by atoms with Crippen molar-refractivity contribution in [2.75, 3.05) is 5.32 Å². The van der Waals surface area contributed by atoms with Gasteiger partial charge in [-0.1, -0.05) is 0 Å². The Morgan fingerprint density at radius 1 is 1.28 bits per heavy atom. The van der Waals surface area contributed by atoms with Crippen molar-refractivity contribution in [2.45, 2.75) is 26.8 Å². The summed E-state index contributed by atoms with van der Waals surface area (Å²) < 4.78 is 3.43. The van der Waals surface area contributed by atoms with Gasteiger partial charge < -0.3 is 5.32 Å². The third kappa shape index (κ3) is 2.63. The standard InChI is InChI=1S/C16H15N9/c1-10-6-14-19-9-20-25(14)8-13(10)21-16-18-7-12-11(2)23-24(5-3-4-17)15(12)22-16/h6-9H,3,5H2,1-2H3,(H,18,21,22). The van der Waals surface area contributed by atoms with Crippen LogP contribution in [0.3, 0.4) is 0 Å². The Morgan fingerprint density at radius 3 is 3.00 bits per heavy atom. The van der Waals surface area contributed by atoms with Gasteiger partial charge in [0.05, 0.1) is 42.0 Å². The Morgan fingerprint density at radius 2 is 2.16 bits per heavy atom. The second kappa shape index (κ2) is 5.83. The van der Waals surface area contributed by atoms with Crippen LogP contribution in [-0.4, -0.2) is 34.3 Å². The normalized spacial score (nSPS) is 11.1. The highest BCUT2D eigenvalue weighted by molar-refractivity contribution is 5.78. The van der Waals surface area contributed by atoms with E-state index in [1.807, 2.05) is 26.1 Å². The van der Waals surface area contributed by atoms with Crippen molar-refractivity contribution >= 4 is 28.3 Å². The topological polar surface area (TPSA) is 110 Å². The van der Waals surface area contributed by atoms with Crippen molar-refractivity contribution < 1.29 is 0 Å². The van der Waals surface area contributed by atoms with Gasteiger partial charge in [0.15, 0.2) is 11.3 Å². The van der Waals surface area contributed by atoms with Crippen LogP contribution in [0.25, 0.3) is 16.7 Å². The largest absolute Gasteiger partial charge is 0.323 e. The predicted octanol–water partition coefficient (Wildman–Crippen LogP) is 2.14. The van der Waals surface area contributed by atoms with Crippen LogP contribution in [-0.2, 0) is 6.54 Å². The maximum atomic E-state index is 8.81. The SMILES string of the molecule is Cc1cc2ncnn2cc1Nc1ncc2c(C)nn(CCC#N)c2n1. The van der Waals surface area contributed by atoms with Crippen LogP contribution in [0.1, 0.15) is 17.7 Å². The molecule has 0 amide bonds. The summed E-state index contributed by atoms with van der Waals surface area (Å²) in [5.74, 6) is 0.466. The summed E-state index contributed by atoms with van der Waals surface area (Å²) in [6.07, 6.45) is 5.49. The number of anilines is 2. The van der Waals surface area contributed by atoms with Crippen LogP contribution in [0.5, 0.6) is 0 Å². The zero-order valence-electron chi connectivity index (χ0n) is 13.8. The number of nitrogens with one attached hydrogen (secondary N) is 1. The van der Waals surface area contributed by atoms with Crippen LogP contribution >= 0.6 is 0 Å². The van der Waals surface area contributed by atoms with Gasteiger partial charge in [-0.05, 0) is 25.5 Å². The molecule has 25 heavy (non-hydrogen) atoms. The monoisotopic (exact) mass is 333 g/mol. The molecule has 0 aromatic carbocycles. The summed E-state index contributed by atoms with van der Waals surface area (Å²) in [4.78, 5) is 13.1. The minimum atomic E-state index is 0.380. The fraction of sp³-hybridized carbons (Fsp3) is 0.250. The molecular weight excluding hydrogens is 318 g/mol. The van der Waals surface area contributed by atoms with Crippen molar-refractivity contribution in [3.63, 3.8) is 0 Å². The maximum absolute atomic E-state index is 8.81. The summed E-state index contributed by atoms with van der Waals surface area (Å²) in [5.41, 5.74) is 4.20. The second-order valence-electron chi connectivity index (χ2n) is 5.71. The first-order chi connectivity index (χ1) is 12.2. The number of rotatable bonds is 4. The van der Waals surface area contributed by atoms with Gasteiger partial charge in [-0.25, -0.2) is 19.2 Å². The van der Waals surface area contributed by atoms with Gasteiger partial charge in [0, 0.05) is 6.20 Å². The van der Waals surface area contributed by atoms with Crippen molar-refractivity contribution in [2.24, 2.45) is 0 Å². The molecule has 0 fully saturated rings. The molecular formula is C16H15N9. The molecule has 4 rings (SSSR count). The summed E-state index contributed by atoms with van der Waals surface area (Å²) in [5, 5.41) is 21.5. The Bertz CT molecular complexity index is 1120. The van der Waals surface area contributed by atoms with Crippen LogP contribution in [0.15, 0.2) is 24.8 Å². The molecule has 124 valence electrons. The van der Waals surface area contributed by atoms with E-state index in [0.717, 1.165) is 28.0 Å². The fourth-order valence-corrected chi connectivity index (χ4v) is 2.69. The van der Waals surface area contributed by atoms with Gasteiger partial charge >= 0.3 is 0 Å². The number of hydrogen-bond donors (Lipinski definition) is 1. The molecule has 4 heterocycles. The first-order valence-corrected chi connectivity index (χ1v) is 7.80. The quantitative estimate of drug-likeness (QED) is 0.609. The zero-order chi connectivity index (χ0) is 17.4. The average molecular weight is 333 g/mol. The molecule has 4 aromatic rings. The molecule has 4 aromatic heterocycles. The maximum Gasteiger partial charge on any atom is 0.229 e. The number of nitrogens with zero attached hydrogens (tertiary/aromatic N) is 8. The van der Waals surface area contributed by atoms with Crippen LogP contribution < -0.4 is 5.32 Å². The van der Waals surface area contributed by atoms with E-state index in [-0.39, 0.29) is 0 Å². The van der Waals surface area contributed by atoms with Crippen LogP contribution in [0.4, 0.5) is 11.6 Å². The number of aryl methyl sites for hydroxylation is 3. The van der Waals surface area contributed by atoms with Gasteiger partial charge in [-0.2, -0.15) is 20.4 Å². The van der Waals surface area contributed by atoms with E-state index in [9.17, 15) is 0 Å². The Kier molecular flexibility index (Phi) is 3.50. The van der Waals surface area contributed by atoms with E-state index in [0.29, 0.717) is 24.6 Å². The highest BCUT2D eigenvalue weighted by Gasteiger charge is 2.12. The molecule has 0 bridgehead atoms. The van der Waals surface area contributed by atoms with Crippen molar-refractivity contribution in [1.29, 1.82) is 5.26 Å². The molecule has 0 unspecified atom stereocenters. The van der Waals surface area contributed by atoms with Gasteiger partial charge in [0.1, 0.15) is 6.33 Å². The molecule has 0 spiro atoms. The lowest BCUT2D eigenvalue weighted by Crippen LogP contribution is -2.04. The third-order valence-electron chi connectivity index (χ3n) is 3.98. The summed E-state index contributed by atoms with van der Waals surface area (Å²) in [6, 6.07) is 4.07. The molecule has 0 atom stereocenters. The molecule has 0 saturated heterocycles. The highest BCUT2D eigenvalue weighted by Crippen LogP contribution is 2.22. The van der Waals surface area contributed by atoms with E-state index in [4.69, 9.17) is 5.26 Å². The third-order valence-corrected chi connectivity index (χ3v) is 3.98. The fourth-order valence-electron chi connectivity index (χ4n) is 2.69. The van der Waals surface area contributed by atoms with E-state index in [1.165, 1.54) is 6.33 Å². The van der Waals surface area contributed by atoms with Crippen molar-refractivity contribution in [3.8, 4) is 6.07 Å². The molecule has 0 aliphatic heterocycles. The molecule has 0 aliphatic carbocycles. The summed E-state index contributed by atoms with van der Waals surface area (Å²) in [6.45, 7) is 4.39. The number of hydrogen-bond acceptors (Lipinski definition) is 7. The van der Waals surface area contributed by atoms with E-state index in [2.05, 4.69) is 36.5 Å². The minimum absolute atomic E-state index is 0.380. The zero-order valence-corrected chi connectivity index (χ0v) is 13.8. The van der Waals surface area contributed by atoms with E-state index < -0.39 is 0 Å². The lowest BCUT2D eigenvalue weighted by Gasteiger charge is -2.08. The van der Waals surface area contributed by atoms with Gasteiger partial charge in [-0.3, -0.25) is 0 Å². The number of nitriles is 1. The molecule has 0 aliphatic rings. The lowest BCUT2D eigenvalue weighted by atomic mass is 10.2. The Balaban J connectivity index is 1.73. The molecule has 0 saturated carbocycles. The number of aromatic nitrogens is 7. The van der Waals surface area contributed by atoms with Crippen molar-refractivity contribution in [3.05, 3.63) is 36.0 Å². The Labute approximate surface area is 143 Å². The molecule has 0 radical (unpaired) electrons. The highest BCUT2D eigenvalue weighted by atomic mass is 15.3. The molecule has 1 N–H and O–H groups in total. The average Bonchev–Trinajstić information content (AvgIpc) is 3.17. The van der Waals surface area contributed by atoms with E-state index >= 15 is 0 Å². The van der Waals surface area contributed by atoms with Gasteiger partial charge in [0.2, 0.25) is 5.95 Å². The predicted molar refractivity (Wildman–Crippen MR) is 91.3 cm³/mol. The first kappa shape index (κ1) is 15.0. The first-order valence-electron chi connectivity index (χ1n) is 7.80. The lowest BCUT2D eigenvalue weighted by molar-refractivity contribution is 0.637. The Hall–Kier alpha value is -3.54. The molecule has 9 nitrogen and oxygen atoms in total. The second-order valence-corrected chi connectivity index (χ2v) is 5.71. The minimum Gasteiger partial charge on any atom is -0.323 e. The smallest absolute Gasteiger partial charge is 0.229 e. The summed E-state index contributed by atoms with van der Waals surface area (Å²) in [7, 11) is 0. The molecule has 9 heteroatoms. The van der Waals surface area contributed by atoms with Crippen LogP contribution in [0.2, 0.25) is 0 Å². The number of fused-ring (bicyclic) bond motifs is 2. The van der Waals surface area contributed by atoms with Crippen molar-refractivity contribution in [1.82, 2.24) is 34.3 Å². The van der Waals surface area contributed by atoms with Crippen LogP contribution in [0, 0.1) is 25.2 Å². The summed E-state index contributed by atoms with van der Waals surface area (Å²) >= 11 is 0. The number of pyridine rings is 1. The van der Waals surface area contributed by atoms with Gasteiger partial charge in [-0.15, -0.1) is 0 Å².